The van der Waals surface area contributed by atoms with Gasteiger partial charge < -0.3 is 23.9 Å². The lowest BCUT2D eigenvalue weighted by Crippen LogP contribution is -2.41. The first-order valence-corrected chi connectivity index (χ1v) is 12.2. The number of aromatic nitrogens is 5. The Morgan fingerprint density at radius 1 is 1.13 bits per heavy atom. The van der Waals surface area contributed by atoms with Gasteiger partial charge in [-0.1, -0.05) is 17.3 Å². The number of likely N-dealkylation sites (tertiary alicyclic amines) is 1. The van der Waals surface area contributed by atoms with Gasteiger partial charge in [0, 0.05) is 30.6 Å². The van der Waals surface area contributed by atoms with E-state index in [1.807, 2.05) is 20.8 Å². The molecule has 4 heterocycles. The summed E-state index contributed by atoms with van der Waals surface area (Å²) in [7, 11) is 1.32. The van der Waals surface area contributed by atoms with Gasteiger partial charge in [0.2, 0.25) is 5.82 Å². The van der Waals surface area contributed by atoms with Crippen LogP contribution >= 0.6 is 0 Å². The molecule has 0 saturated carbocycles. The molecule has 1 amide bonds. The molecule has 1 fully saturated rings. The van der Waals surface area contributed by atoms with Crippen molar-refractivity contribution in [1.29, 1.82) is 0 Å². The molecule has 38 heavy (non-hydrogen) atoms. The maximum atomic E-state index is 12.6. The second kappa shape index (κ2) is 9.77. The fourth-order valence-electron chi connectivity index (χ4n) is 4.47. The molecule has 1 aliphatic heterocycles. The van der Waals surface area contributed by atoms with E-state index in [4.69, 9.17) is 14.0 Å². The number of nitrogens with one attached hydrogen (secondary N) is 1. The highest BCUT2D eigenvalue weighted by atomic mass is 16.6. The van der Waals surface area contributed by atoms with Crippen LogP contribution in [0.15, 0.2) is 45.8 Å². The van der Waals surface area contributed by atoms with Gasteiger partial charge in [-0.15, -0.1) is 0 Å². The normalized spacial score (nSPS) is 14.6. The number of hydrogen-bond donors (Lipinski definition) is 1. The molecule has 198 valence electrons. The van der Waals surface area contributed by atoms with E-state index in [1.54, 1.807) is 45.9 Å². The van der Waals surface area contributed by atoms with Crippen molar-refractivity contribution in [3.05, 3.63) is 58.1 Å². The van der Waals surface area contributed by atoms with Crippen LogP contribution in [0.2, 0.25) is 0 Å². The number of piperidine rings is 1. The predicted octanol–water partition coefficient (Wildman–Crippen LogP) is 3.64. The molecule has 12 nitrogen and oxygen atoms in total. The Bertz CT molecular complexity index is 1540. The summed E-state index contributed by atoms with van der Waals surface area (Å²) in [4.78, 5) is 45.7. The van der Waals surface area contributed by atoms with Crippen LogP contribution in [0.1, 0.15) is 55.6 Å². The van der Waals surface area contributed by atoms with Crippen LogP contribution in [0.5, 0.6) is 0 Å². The van der Waals surface area contributed by atoms with Gasteiger partial charge in [-0.25, -0.2) is 14.1 Å². The number of benzene rings is 1. The molecule has 1 aromatic carbocycles. The quantitative estimate of drug-likeness (QED) is 0.399. The molecular weight excluding hydrogens is 492 g/mol. The molecule has 5 rings (SSSR count). The van der Waals surface area contributed by atoms with Gasteiger partial charge >= 0.3 is 12.1 Å². The molecule has 0 spiro atoms. The first-order chi connectivity index (χ1) is 18.1. The largest absolute Gasteiger partial charge is 0.465 e. The highest BCUT2D eigenvalue weighted by Gasteiger charge is 2.29. The number of ether oxygens (including phenoxy) is 2. The van der Waals surface area contributed by atoms with E-state index in [0.717, 1.165) is 5.69 Å². The molecule has 12 heteroatoms. The van der Waals surface area contributed by atoms with Crippen LogP contribution in [-0.4, -0.2) is 67.5 Å². The molecule has 3 aromatic heterocycles. The van der Waals surface area contributed by atoms with Gasteiger partial charge in [0.25, 0.3) is 11.4 Å². The average molecular weight is 521 g/mol. The summed E-state index contributed by atoms with van der Waals surface area (Å²) in [5.74, 6) is 0.105. The molecule has 0 bridgehead atoms. The van der Waals surface area contributed by atoms with Crippen LogP contribution < -0.4 is 5.56 Å². The molecular formula is C26H28N6O6. The predicted molar refractivity (Wildman–Crippen MR) is 136 cm³/mol. The molecule has 0 atom stereocenters. The van der Waals surface area contributed by atoms with Crippen molar-refractivity contribution in [3.8, 4) is 22.8 Å². The van der Waals surface area contributed by atoms with Gasteiger partial charge in [0.15, 0.2) is 0 Å². The molecule has 0 radical (unpaired) electrons. The fourth-order valence-corrected chi connectivity index (χ4v) is 4.47. The van der Waals surface area contributed by atoms with Crippen molar-refractivity contribution < 1.29 is 23.6 Å². The highest BCUT2D eigenvalue weighted by Crippen LogP contribution is 2.31. The Morgan fingerprint density at radius 3 is 2.50 bits per heavy atom. The Hall–Kier alpha value is -4.48. The molecule has 4 aromatic rings. The number of fused-ring (bicyclic) bond motifs is 1. The number of nitrogens with zero attached hydrogens (tertiary/aromatic N) is 5. The summed E-state index contributed by atoms with van der Waals surface area (Å²) in [6, 6.07) is 8.16. The molecule has 1 aliphatic rings. The standard InChI is InChI=1S/C26H28N6O6/c1-26(2,3)37-25(35)31-11-9-15(10-12-31)19-13-20(33)28-22-18(14-27-32(19)22)23-29-21(30-38-23)16-5-7-17(8-6-16)24(34)36-4/h5-8,13-15H,9-12H2,1-4H3,(H,28,33). The fraction of sp³-hybridized carbons (Fsp3) is 0.385. The number of carbonyl (C=O) groups is 2. The average Bonchev–Trinajstić information content (AvgIpc) is 3.54. The summed E-state index contributed by atoms with van der Waals surface area (Å²) in [6.07, 6.45) is 2.57. The van der Waals surface area contributed by atoms with Gasteiger partial charge in [-0.2, -0.15) is 10.1 Å². The second-order valence-electron chi connectivity index (χ2n) is 10.1. The minimum Gasteiger partial charge on any atom is -0.465 e. The molecule has 0 unspecified atom stereocenters. The van der Waals surface area contributed by atoms with Crippen LogP contribution in [0.4, 0.5) is 4.79 Å². The molecule has 0 aliphatic carbocycles. The second-order valence-corrected chi connectivity index (χ2v) is 10.1. The van der Waals surface area contributed by atoms with Crippen molar-refractivity contribution in [2.24, 2.45) is 0 Å². The zero-order valence-corrected chi connectivity index (χ0v) is 21.6. The number of rotatable bonds is 4. The van der Waals surface area contributed by atoms with Crippen LogP contribution in [0, 0.1) is 0 Å². The minimum absolute atomic E-state index is 0.0257. The third-order valence-electron chi connectivity index (χ3n) is 6.32. The van der Waals surface area contributed by atoms with E-state index in [1.165, 1.54) is 7.11 Å². The van der Waals surface area contributed by atoms with Crippen molar-refractivity contribution in [2.75, 3.05) is 20.2 Å². The summed E-state index contributed by atoms with van der Waals surface area (Å²) in [5, 5.41) is 8.55. The number of hydrogen-bond acceptors (Lipinski definition) is 9. The zero-order chi connectivity index (χ0) is 27.0. The molecule has 1 saturated heterocycles. The number of methoxy groups -OCH3 is 1. The van der Waals surface area contributed by atoms with E-state index < -0.39 is 11.6 Å². The van der Waals surface area contributed by atoms with E-state index in [9.17, 15) is 14.4 Å². The van der Waals surface area contributed by atoms with Crippen molar-refractivity contribution in [3.63, 3.8) is 0 Å². The van der Waals surface area contributed by atoms with E-state index >= 15 is 0 Å². The maximum Gasteiger partial charge on any atom is 0.410 e. The van der Waals surface area contributed by atoms with Gasteiger partial charge in [-0.3, -0.25) is 4.79 Å². The number of carbonyl (C=O) groups excluding carboxylic acids is 2. The van der Waals surface area contributed by atoms with Crippen LogP contribution in [0.3, 0.4) is 0 Å². The lowest BCUT2D eigenvalue weighted by atomic mass is 9.93. The van der Waals surface area contributed by atoms with Crippen LogP contribution in [-0.2, 0) is 9.47 Å². The maximum absolute atomic E-state index is 12.6. The Morgan fingerprint density at radius 2 is 1.84 bits per heavy atom. The monoisotopic (exact) mass is 520 g/mol. The number of aromatic amines is 1. The number of amides is 1. The van der Waals surface area contributed by atoms with Crippen LogP contribution in [0.25, 0.3) is 28.5 Å². The van der Waals surface area contributed by atoms with Gasteiger partial charge in [-0.05, 0) is 45.7 Å². The van der Waals surface area contributed by atoms with E-state index in [0.29, 0.717) is 54.1 Å². The van der Waals surface area contributed by atoms with Crippen molar-refractivity contribution >= 4 is 17.7 Å². The van der Waals surface area contributed by atoms with Crippen molar-refractivity contribution in [2.45, 2.75) is 45.1 Å². The van der Waals surface area contributed by atoms with Gasteiger partial charge in [0.1, 0.15) is 16.8 Å². The smallest absolute Gasteiger partial charge is 0.410 e. The number of esters is 1. The van der Waals surface area contributed by atoms with Crippen molar-refractivity contribution in [1.82, 2.24) is 29.6 Å². The van der Waals surface area contributed by atoms with E-state index in [-0.39, 0.29) is 23.5 Å². The minimum atomic E-state index is -0.556. The SMILES string of the molecule is COC(=O)c1ccc(-c2noc(-c3cnn4c(C5CCN(C(=O)OC(C)(C)C)CC5)cc(=O)[nH]c34)n2)cc1. The third-order valence-corrected chi connectivity index (χ3v) is 6.32. The number of H-pyrrole nitrogens is 1. The first kappa shape index (κ1) is 25.2. The Labute approximate surface area is 217 Å². The summed E-state index contributed by atoms with van der Waals surface area (Å²) in [5.41, 5.74) is 1.90. The lowest BCUT2D eigenvalue weighted by molar-refractivity contribution is 0.0203. The third kappa shape index (κ3) is 5.01. The lowest BCUT2D eigenvalue weighted by Gasteiger charge is -2.33. The Balaban J connectivity index is 1.38. The summed E-state index contributed by atoms with van der Waals surface area (Å²) >= 11 is 0. The van der Waals surface area contributed by atoms with E-state index in [2.05, 4.69) is 20.2 Å². The summed E-state index contributed by atoms with van der Waals surface area (Å²) < 4.78 is 17.4. The molecule has 1 N–H and O–H groups in total. The topological polar surface area (TPSA) is 145 Å². The Kier molecular flexibility index (Phi) is 6.47. The first-order valence-electron chi connectivity index (χ1n) is 12.2. The highest BCUT2D eigenvalue weighted by molar-refractivity contribution is 5.89. The summed E-state index contributed by atoms with van der Waals surface area (Å²) in [6.45, 7) is 6.56. The zero-order valence-electron chi connectivity index (χ0n) is 21.6. The van der Waals surface area contributed by atoms with Gasteiger partial charge in [0.05, 0.1) is 24.6 Å².